The van der Waals surface area contributed by atoms with Gasteiger partial charge in [0.1, 0.15) is 12.4 Å². The SMILES string of the molecule is c1ccc(COc2cccc(CN[C@H]3CCCO[C@@H]3c3ccncc3)c2)nc1. The minimum atomic E-state index is 0.0698. The molecule has 0 aliphatic carbocycles. The van der Waals surface area contributed by atoms with Crippen LogP contribution < -0.4 is 10.1 Å². The molecule has 5 nitrogen and oxygen atoms in total. The lowest BCUT2D eigenvalue weighted by Crippen LogP contribution is -2.39. The van der Waals surface area contributed by atoms with Gasteiger partial charge in [-0.2, -0.15) is 0 Å². The molecule has 0 unspecified atom stereocenters. The van der Waals surface area contributed by atoms with E-state index in [1.54, 1.807) is 6.20 Å². The van der Waals surface area contributed by atoms with Crippen LogP contribution >= 0.6 is 0 Å². The Balaban J connectivity index is 1.36. The van der Waals surface area contributed by atoms with E-state index in [4.69, 9.17) is 9.47 Å². The van der Waals surface area contributed by atoms with Gasteiger partial charge in [-0.05, 0) is 60.4 Å². The Hall–Kier alpha value is -2.76. The molecule has 4 rings (SSSR count). The van der Waals surface area contributed by atoms with Crippen molar-refractivity contribution in [3.05, 3.63) is 90.0 Å². The van der Waals surface area contributed by atoms with E-state index in [-0.39, 0.29) is 12.1 Å². The molecule has 0 radical (unpaired) electrons. The van der Waals surface area contributed by atoms with Crippen molar-refractivity contribution in [1.82, 2.24) is 15.3 Å². The van der Waals surface area contributed by atoms with Crippen molar-refractivity contribution in [2.24, 2.45) is 0 Å². The minimum absolute atomic E-state index is 0.0698. The van der Waals surface area contributed by atoms with Gasteiger partial charge in [-0.1, -0.05) is 18.2 Å². The summed E-state index contributed by atoms with van der Waals surface area (Å²) in [5.41, 5.74) is 3.29. The molecule has 1 aromatic carbocycles. The van der Waals surface area contributed by atoms with Gasteiger partial charge in [-0.3, -0.25) is 9.97 Å². The molecule has 0 bridgehead atoms. The highest BCUT2D eigenvalue weighted by atomic mass is 16.5. The van der Waals surface area contributed by atoms with E-state index in [0.717, 1.165) is 37.4 Å². The van der Waals surface area contributed by atoms with Crippen LogP contribution in [0.5, 0.6) is 5.75 Å². The van der Waals surface area contributed by atoms with Crippen LogP contribution in [0.1, 0.15) is 35.8 Å². The van der Waals surface area contributed by atoms with E-state index >= 15 is 0 Å². The summed E-state index contributed by atoms with van der Waals surface area (Å²) in [6.45, 7) is 2.05. The topological polar surface area (TPSA) is 56.3 Å². The summed E-state index contributed by atoms with van der Waals surface area (Å²) in [6.07, 6.45) is 7.68. The molecule has 0 spiro atoms. The van der Waals surface area contributed by atoms with E-state index < -0.39 is 0 Å². The maximum atomic E-state index is 6.05. The fraction of sp³-hybridized carbons (Fsp3) is 0.304. The molecule has 1 aliphatic rings. The number of benzene rings is 1. The number of hydrogen-bond acceptors (Lipinski definition) is 5. The van der Waals surface area contributed by atoms with Gasteiger partial charge in [0.15, 0.2) is 0 Å². The fourth-order valence-electron chi connectivity index (χ4n) is 3.51. The van der Waals surface area contributed by atoms with Gasteiger partial charge in [-0.25, -0.2) is 0 Å². The number of rotatable bonds is 7. The Kier molecular flexibility index (Phi) is 6.27. The Morgan fingerprint density at radius 3 is 2.82 bits per heavy atom. The first-order valence-electron chi connectivity index (χ1n) is 9.75. The van der Waals surface area contributed by atoms with Gasteiger partial charge in [0.2, 0.25) is 0 Å². The number of nitrogens with zero attached hydrogens (tertiary/aromatic N) is 2. The predicted octanol–water partition coefficient (Wildman–Crippen LogP) is 4.07. The Morgan fingerprint density at radius 1 is 1.04 bits per heavy atom. The van der Waals surface area contributed by atoms with E-state index in [1.165, 1.54) is 11.1 Å². The first-order chi connectivity index (χ1) is 13.9. The average Bonchev–Trinajstić information content (AvgIpc) is 2.78. The van der Waals surface area contributed by atoms with Gasteiger partial charge in [0, 0.05) is 37.8 Å². The van der Waals surface area contributed by atoms with Gasteiger partial charge >= 0.3 is 0 Å². The molecule has 144 valence electrons. The van der Waals surface area contributed by atoms with Crippen molar-refractivity contribution in [1.29, 1.82) is 0 Å². The number of pyridine rings is 2. The smallest absolute Gasteiger partial charge is 0.130 e. The molecule has 1 saturated heterocycles. The molecule has 1 aliphatic heterocycles. The summed E-state index contributed by atoms with van der Waals surface area (Å²) < 4.78 is 11.9. The predicted molar refractivity (Wildman–Crippen MR) is 108 cm³/mol. The summed E-state index contributed by atoms with van der Waals surface area (Å²) in [5, 5.41) is 3.67. The van der Waals surface area contributed by atoms with Crippen molar-refractivity contribution in [3.8, 4) is 5.75 Å². The van der Waals surface area contributed by atoms with E-state index in [0.29, 0.717) is 6.61 Å². The van der Waals surface area contributed by atoms with Gasteiger partial charge in [-0.15, -0.1) is 0 Å². The molecule has 3 heterocycles. The second-order valence-corrected chi connectivity index (χ2v) is 6.96. The Morgan fingerprint density at radius 2 is 1.96 bits per heavy atom. The third-order valence-electron chi connectivity index (χ3n) is 4.94. The normalized spacial score (nSPS) is 19.3. The first kappa shape index (κ1) is 18.6. The lowest BCUT2D eigenvalue weighted by molar-refractivity contribution is -0.0112. The Labute approximate surface area is 165 Å². The third-order valence-corrected chi connectivity index (χ3v) is 4.94. The summed E-state index contributed by atoms with van der Waals surface area (Å²) in [5.74, 6) is 0.857. The van der Waals surface area contributed by atoms with Crippen LogP contribution in [0.3, 0.4) is 0 Å². The maximum Gasteiger partial charge on any atom is 0.130 e. The average molecular weight is 375 g/mol. The monoisotopic (exact) mass is 375 g/mol. The summed E-state index contributed by atoms with van der Waals surface area (Å²) in [6, 6.07) is 18.4. The molecule has 5 heteroatoms. The first-order valence-corrected chi connectivity index (χ1v) is 9.75. The molecule has 0 amide bonds. The molecular formula is C23H25N3O2. The number of aromatic nitrogens is 2. The number of nitrogens with one attached hydrogen (secondary N) is 1. The summed E-state index contributed by atoms with van der Waals surface area (Å²) >= 11 is 0. The molecular weight excluding hydrogens is 350 g/mol. The van der Waals surface area contributed by atoms with Crippen molar-refractivity contribution in [2.45, 2.75) is 38.1 Å². The van der Waals surface area contributed by atoms with Crippen molar-refractivity contribution >= 4 is 0 Å². The molecule has 3 aromatic rings. The fourth-order valence-corrected chi connectivity index (χ4v) is 3.51. The zero-order chi connectivity index (χ0) is 19.0. The van der Waals surface area contributed by atoms with Crippen LogP contribution in [0.2, 0.25) is 0 Å². The quantitative estimate of drug-likeness (QED) is 0.675. The van der Waals surface area contributed by atoms with Crippen LogP contribution in [0, 0.1) is 0 Å². The van der Waals surface area contributed by atoms with Crippen LogP contribution in [0.15, 0.2) is 73.2 Å². The van der Waals surface area contributed by atoms with E-state index in [1.807, 2.05) is 54.9 Å². The summed E-state index contributed by atoms with van der Waals surface area (Å²) in [7, 11) is 0. The molecule has 2 atom stereocenters. The van der Waals surface area contributed by atoms with Crippen molar-refractivity contribution < 1.29 is 9.47 Å². The lowest BCUT2D eigenvalue weighted by Gasteiger charge is -2.33. The second-order valence-electron chi connectivity index (χ2n) is 6.96. The van der Waals surface area contributed by atoms with Gasteiger partial charge in [0.05, 0.1) is 11.8 Å². The Bertz CT molecular complexity index is 858. The molecule has 28 heavy (non-hydrogen) atoms. The highest BCUT2D eigenvalue weighted by Gasteiger charge is 2.26. The molecule has 2 aromatic heterocycles. The highest BCUT2D eigenvalue weighted by Crippen LogP contribution is 2.28. The largest absolute Gasteiger partial charge is 0.487 e. The van der Waals surface area contributed by atoms with Crippen molar-refractivity contribution in [3.63, 3.8) is 0 Å². The molecule has 0 saturated carbocycles. The van der Waals surface area contributed by atoms with E-state index in [2.05, 4.69) is 27.4 Å². The number of ether oxygens (including phenoxy) is 2. The molecule has 1 fully saturated rings. The van der Waals surface area contributed by atoms with Crippen LogP contribution in [0.4, 0.5) is 0 Å². The maximum absolute atomic E-state index is 6.05. The number of hydrogen-bond donors (Lipinski definition) is 1. The zero-order valence-electron chi connectivity index (χ0n) is 15.8. The lowest BCUT2D eigenvalue weighted by atomic mass is 9.96. The van der Waals surface area contributed by atoms with Crippen molar-refractivity contribution in [2.75, 3.05) is 6.61 Å². The zero-order valence-corrected chi connectivity index (χ0v) is 15.8. The van der Waals surface area contributed by atoms with Crippen LogP contribution in [-0.2, 0) is 17.9 Å². The standard InChI is InChI=1S/C23H25N3O2/c1-2-11-25-20(6-1)17-28-21-7-3-5-18(15-21)16-26-22-8-4-14-27-23(22)19-9-12-24-13-10-19/h1-3,5-7,9-13,15,22-23,26H,4,8,14,16-17H2/t22-,23+/m0/s1. The van der Waals surface area contributed by atoms with Gasteiger partial charge in [0.25, 0.3) is 0 Å². The third kappa shape index (κ3) is 4.94. The minimum Gasteiger partial charge on any atom is -0.487 e. The van der Waals surface area contributed by atoms with Gasteiger partial charge < -0.3 is 14.8 Å². The second kappa shape index (κ2) is 9.44. The van der Waals surface area contributed by atoms with Crippen LogP contribution in [0.25, 0.3) is 0 Å². The highest BCUT2D eigenvalue weighted by molar-refractivity contribution is 5.29. The molecule has 1 N–H and O–H groups in total. The summed E-state index contributed by atoms with van der Waals surface area (Å²) in [4.78, 5) is 8.41. The van der Waals surface area contributed by atoms with Crippen LogP contribution in [-0.4, -0.2) is 22.6 Å². The van der Waals surface area contributed by atoms with E-state index in [9.17, 15) is 0 Å².